The van der Waals surface area contributed by atoms with Gasteiger partial charge in [-0.3, -0.25) is 0 Å². The summed E-state index contributed by atoms with van der Waals surface area (Å²) in [5, 5.41) is 7.25. The lowest BCUT2D eigenvalue weighted by atomic mass is 9.99. The van der Waals surface area contributed by atoms with Gasteiger partial charge in [0.05, 0.1) is 5.69 Å². The second-order valence-corrected chi connectivity index (χ2v) is 13.6. The van der Waals surface area contributed by atoms with E-state index in [2.05, 4.69) is 169 Å². The van der Waals surface area contributed by atoms with E-state index in [1.54, 1.807) is 0 Å². The highest BCUT2D eigenvalue weighted by Gasteiger charge is 2.19. The van der Waals surface area contributed by atoms with E-state index in [1.807, 2.05) is 23.5 Å². The van der Waals surface area contributed by atoms with Crippen LogP contribution in [0.15, 0.2) is 180 Å². The summed E-state index contributed by atoms with van der Waals surface area (Å²) in [6, 6.07) is 63.3. The number of hydrogen-bond donors (Lipinski definition) is 0. The van der Waals surface area contributed by atoms with E-state index >= 15 is 0 Å². The van der Waals surface area contributed by atoms with E-state index in [0.29, 0.717) is 0 Å². The highest BCUT2D eigenvalue weighted by atomic mass is 32.1. The number of furan rings is 1. The number of benzene rings is 8. The summed E-state index contributed by atoms with van der Waals surface area (Å²) in [5.74, 6) is 0. The van der Waals surface area contributed by atoms with Crippen LogP contribution in [0.1, 0.15) is 0 Å². The molecule has 230 valence electrons. The second-order valence-electron chi connectivity index (χ2n) is 12.5. The van der Waals surface area contributed by atoms with Crippen molar-refractivity contribution in [3.8, 4) is 22.3 Å². The maximum Gasteiger partial charge on any atom is 0.136 e. The normalized spacial score (nSPS) is 11.7. The van der Waals surface area contributed by atoms with Crippen LogP contribution in [0.3, 0.4) is 0 Å². The van der Waals surface area contributed by atoms with Crippen LogP contribution >= 0.6 is 11.3 Å². The van der Waals surface area contributed by atoms with Crippen LogP contribution in [0.5, 0.6) is 0 Å². The summed E-state index contributed by atoms with van der Waals surface area (Å²) in [6.45, 7) is 0. The zero-order valence-corrected chi connectivity index (χ0v) is 27.3. The Morgan fingerprint density at radius 2 is 1.10 bits per heavy atom. The molecule has 2 nitrogen and oxygen atoms in total. The third kappa shape index (κ3) is 4.62. The minimum Gasteiger partial charge on any atom is -0.456 e. The first-order chi connectivity index (χ1) is 24.3. The number of anilines is 3. The standard InChI is InChI=1S/C46H29NOS/c1-2-11-30(12-3-1)36-13-4-7-18-42(36)47(35-26-23-32-28-41-38-14-5-8-19-43(38)48-44(41)29-33(32)27-35)34-24-21-31(22-25-34)37-16-10-17-40-39-15-6-9-20-45(39)49-46(37)40/h1-29H. The Bertz CT molecular complexity index is 2830. The molecule has 0 N–H and O–H groups in total. The fourth-order valence-corrected chi connectivity index (χ4v) is 8.56. The molecule has 0 atom stereocenters. The largest absolute Gasteiger partial charge is 0.456 e. The lowest BCUT2D eigenvalue weighted by Gasteiger charge is -2.28. The summed E-state index contributed by atoms with van der Waals surface area (Å²) in [5.41, 5.74) is 9.96. The molecule has 2 heterocycles. The fraction of sp³-hybridized carbons (Fsp3) is 0. The molecule has 10 rings (SSSR count). The van der Waals surface area contributed by atoms with E-state index in [-0.39, 0.29) is 0 Å². The molecule has 49 heavy (non-hydrogen) atoms. The van der Waals surface area contributed by atoms with Crippen molar-refractivity contribution in [1.29, 1.82) is 0 Å². The predicted molar refractivity (Wildman–Crippen MR) is 210 cm³/mol. The molecule has 0 radical (unpaired) electrons. The van der Waals surface area contributed by atoms with Crippen molar-refractivity contribution in [1.82, 2.24) is 0 Å². The van der Waals surface area contributed by atoms with Gasteiger partial charge in [0.1, 0.15) is 11.2 Å². The summed E-state index contributed by atoms with van der Waals surface area (Å²) in [7, 11) is 0. The quantitative estimate of drug-likeness (QED) is 0.186. The van der Waals surface area contributed by atoms with E-state index in [0.717, 1.165) is 44.4 Å². The Morgan fingerprint density at radius 1 is 0.408 bits per heavy atom. The van der Waals surface area contributed by atoms with Crippen molar-refractivity contribution in [2.45, 2.75) is 0 Å². The molecule has 0 aliphatic carbocycles. The van der Waals surface area contributed by atoms with Crippen molar-refractivity contribution >= 4 is 81.3 Å². The second kappa shape index (κ2) is 11.2. The van der Waals surface area contributed by atoms with Crippen molar-refractivity contribution < 1.29 is 4.42 Å². The topological polar surface area (TPSA) is 16.4 Å². The molecule has 0 fully saturated rings. The molecule has 0 saturated heterocycles. The van der Waals surface area contributed by atoms with Crippen molar-refractivity contribution in [2.75, 3.05) is 4.90 Å². The molecule has 8 aromatic carbocycles. The zero-order chi connectivity index (χ0) is 32.3. The molecule has 0 bridgehead atoms. The average Bonchev–Trinajstić information content (AvgIpc) is 3.73. The third-order valence-electron chi connectivity index (χ3n) is 9.65. The van der Waals surface area contributed by atoms with Crippen LogP contribution in [0.4, 0.5) is 17.1 Å². The monoisotopic (exact) mass is 643 g/mol. The Morgan fingerprint density at radius 3 is 2.00 bits per heavy atom. The predicted octanol–water partition coefficient (Wildman–Crippen LogP) is 13.9. The van der Waals surface area contributed by atoms with Crippen molar-refractivity contribution in [3.63, 3.8) is 0 Å². The number of rotatable bonds is 5. The zero-order valence-electron chi connectivity index (χ0n) is 26.5. The lowest BCUT2D eigenvalue weighted by molar-refractivity contribution is 0.669. The third-order valence-corrected chi connectivity index (χ3v) is 10.9. The minimum absolute atomic E-state index is 0.904. The molecule has 0 aliphatic heterocycles. The molecular formula is C46H29NOS. The van der Waals surface area contributed by atoms with Crippen molar-refractivity contribution in [2.24, 2.45) is 0 Å². The minimum atomic E-state index is 0.904. The number of fused-ring (bicyclic) bond motifs is 7. The van der Waals surface area contributed by atoms with Crippen LogP contribution in [0, 0.1) is 0 Å². The molecule has 0 amide bonds. The Hall–Kier alpha value is -6.16. The average molecular weight is 644 g/mol. The maximum atomic E-state index is 6.30. The maximum absolute atomic E-state index is 6.30. The molecule has 2 aromatic heterocycles. The van der Waals surface area contributed by atoms with Gasteiger partial charge in [0.25, 0.3) is 0 Å². The summed E-state index contributed by atoms with van der Waals surface area (Å²) in [6.07, 6.45) is 0. The van der Waals surface area contributed by atoms with Crippen LogP contribution in [0.25, 0.3) is 75.1 Å². The summed E-state index contributed by atoms with van der Waals surface area (Å²) < 4.78 is 8.95. The van der Waals surface area contributed by atoms with E-state index in [4.69, 9.17) is 4.42 Å². The number of para-hydroxylation sites is 2. The molecule has 10 aromatic rings. The number of hydrogen-bond acceptors (Lipinski definition) is 3. The Kier molecular flexibility index (Phi) is 6.39. The van der Waals surface area contributed by atoms with Gasteiger partial charge in [0, 0.05) is 47.9 Å². The van der Waals surface area contributed by atoms with Crippen LogP contribution < -0.4 is 4.90 Å². The molecule has 0 unspecified atom stereocenters. The number of nitrogens with zero attached hydrogens (tertiary/aromatic N) is 1. The first-order valence-electron chi connectivity index (χ1n) is 16.6. The van der Waals surface area contributed by atoms with Gasteiger partial charge in [-0.2, -0.15) is 0 Å². The van der Waals surface area contributed by atoms with Gasteiger partial charge in [-0.1, -0.05) is 121 Å². The molecule has 0 spiro atoms. The van der Waals surface area contributed by atoms with Gasteiger partial charge in [-0.25, -0.2) is 0 Å². The van der Waals surface area contributed by atoms with Gasteiger partial charge in [0.2, 0.25) is 0 Å². The molecular weight excluding hydrogens is 615 g/mol. The highest BCUT2D eigenvalue weighted by molar-refractivity contribution is 7.26. The van der Waals surface area contributed by atoms with E-state index in [9.17, 15) is 0 Å². The lowest BCUT2D eigenvalue weighted by Crippen LogP contribution is -2.11. The Balaban J connectivity index is 1.14. The smallest absolute Gasteiger partial charge is 0.136 e. The highest BCUT2D eigenvalue weighted by Crippen LogP contribution is 2.44. The van der Waals surface area contributed by atoms with E-state index in [1.165, 1.54) is 47.8 Å². The molecule has 3 heteroatoms. The first kappa shape index (κ1) is 27.9. The van der Waals surface area contributed by atoms with Gasteiger partial charge in [-0.05, 0) is 82.1 Å². The summed E-state index contributed by atoms with van der Waals surface area (Å²) >= 11 is 1.87. The first-order valence-corrected chi connectivity index (χ1v) is 17.4. The Labute approximate surface area is 287 Å². The fourth-order valence-electron chi connectivity index (χ4n) is 7.32. The SMILES string of the molecule is c1ccc(-c2ccccc2N(c2ccc(-c3cccc4c3sc3ccccc34)cc2)c2ccc3cc4c(cc3c2)oc2ccccc24)cc1. The summed E-state index contributed by atoms with van der Waals surface area (Å²) in [4.78, 5) is 2.38. The van der Waals surface area contributed by atoms with Crippen molar-refractivity contribution in [3.05, 3.63) is 176 Å². The van der Waals surface area contributed by atoms with Gasteiger partial charge in [-0.15, -0.1) is 11.3 Å². The van der Waals surface area contributed by atoms with Gasteiger partial charge >= 0.3 is 0 Å². The number of thiophene rings is 1. The van der Waals surface area contributed by atoms with Crippen LogP contribution in [-0.4, -0.2) is 0 Å². The van der Waals surface area contributed by atoms with E-state index < -0.39 is 0 Å². The van der Waals surface area contributed by atoms with Gasteiger partial charge in [0.15, 0.2) is 0 Å². The van der Waals surface area contributed by atoms with Crippen LogP contribution in [-0.2, 0) is 0 Å². The molecule has 0 saturated carbocycles. The van der Waals surface area contributed by atoms with Crippen LogP contribution in [0.2, 0.25) is 0 Å². The van der Waals surface area contributed by atoms with Gasteiger partial charge < -0.3 is 9.32 Å². The molecule has 0 aliphatic rings.